The molecule has 0 spiro atoms. The summed E-state index contributed by atoms with van der Waals surface area (Å²) in [5.74, 6) is 0. The first-order valence-corrected chi connectivity index (χ1v) is 6.99. The summed E-state index contributed by atoms with van der Waals surface area (Å²) in [4.78, 5) is 0. The molecule has 0 bridgehead atoms. The Kier molecular flexibility index (Phi) is 10.9. The molecule has 104 valence electrons. The monoisotopic (exact) mass is 246 g/mol. The molecule has 0 aliphatic carbocycles. The lowest BCUT2D eigenvalue weighted by molar-refractivity contribution is 0.0772. The van der Waals surface area contributed by atoms with E-state index in [1.807, 2.05) is 0 Å². The van der Waals surface area contributed by atoms with Gasteiger partial charge in [0.2, 0.25) is 0 Å². The number of aliphatic hydroxyl groups excluding tert-OH is 2. The molecule has 0 aromatic rings. The lowest BCUT2D eigenvalue weighted by atomic mass is 10.0. The Morgan fingerprint density at radius 2 is 1.53 bits per heavy atom. The number of hydrogen-bond acceptors (Lipinski definition) is 3. The zero-order valence-electron chi connectivity index (χ0n) is 11.7. The molecular weight excluding hydrogens is 216 g/mol. The topological polar surface area (TPSA) is 49.7 Å². The Morgan fingerprint density at radius 1 is 0.941 bits per heavy atom. The normalized spacial score (nSPS) is 16.8. The molecular formula is C14H30O3. The van der Waals surface area contributed by atoms with Gasteiger partial charge in [0.25, 0.3) is 0 Å². The van der Waals surface area contributed by atoms with Crippen molar-refractivity contribution in [1.29, 1.82) is 0 Å². The van der Waals surface area contributed by atoms with Gasteiger partial charge >= 0.3 is 0 Å². The van der Waals surface area contributed by atoms with E-state index < -0.39 is 0 Å². The van der Waals surface area contributed by atoms with Crippen LogP contribution in [0.25, 0.3) is 0 Å². The predicted molar refractivity (Wildman–Crippen MR) is 71.1 cm³/mol. The van der Waals surface area contributed by atoms with Crippen LogP contribution in [0.3, 0.4) is 0 Å². The van der Waals surface area contributed by atoms with E-state index in [9.17, 15) is 5.11 Å². The highest BCUT2D eigenvalue weighted by Gasteiger charge is 2.09. The van der Waals surface area contributed by atoms with Crippen LogP contribution in [-0.4, -0.2) is 35.6 Å². The average molecular weight is 246 g/mol. The van der Waals surface area contributed by atoms with Crippen molar-refractivity contribution in [3.05, 3.63) is 0 Å². The van der Waals surface area contributed by atoms with Crippen LogP contribution in [0.5, 0.6) is 0 Å². The number of aliphatic hydroxyl groups is 2. The van der Waals surface area contributed by atoms with Crippen LogP contribution in [0.4, 0.5) is 0 Å². The fourth-order valence-electron chi connectivity index (χ4n) is 2.08. The Morgan fingerprint density at radius 3 is 2.00 bits per heavy atom. The molecule has 0 aromatic heterocycles. The van der Waals surface area contributed by atoms with E-state index in [4.69, 9.17) is 9.84 Å². The smallest absolute Gasteiger partial charge is 0.0571 e. The molecule has 2 N–H and O–H groups in total. The van der Waals surface area contributed by atoms with Crippen LogP contribution in [0.2, 0.25) is 0 Å². The van der Waals surface area contributed by atoms with E-state index in [-0.39, 0.29) is 12.2 Å². The first-order chi connectivity index (χ1) is 8.10. The van der Waals surface area contributed by atoms with Crippen LogP contribution in [0.1, 0.15) is 65.2 Å². The third-order valence-electron chi connectivity index (χ3n) is 3.17. The van der Waals surface area contributed by atoms with Crippen molar-refractivity contribution in [3.8, 4) is 0 Å². The molecule has 0 fully saturated rings. The van der Waals surface area contributed by atoms with Gasteiger partial charge < -0.3 is 14.9 Å². The van der Waals surface area contributed by atoms with Crippen LogP contribution < -0.4 is 0 Å². The van der Waals surface area contributed by atoms with Crippen molar-refractivity contribution in [1.82, 2.24) is 0 Å². The molecule has 3 heteroatoms. The van der Waals surface area contributed by atoms with Gasteiger partial charge in [-0.05, 0) is 51.9 Å². The molecule has 1 unspecified atom stereocenters. The zero-order chi connectivity index (χ0) is 13.1. The molecule has 0 amide bonds. The Balaban J connectivity index is 3.45. The van der Waals surface area contributed by atoms with Crippen molar-refractivity contribution in [2.45, 2.75) is 83.5 Å². The fraction of sp³-hybridized carbons (Fsp3) is 1.00. The second-order valence-corrected chi connectivity index (χ2v) is 5.01. The standard InChI is InChI=1S/C14H30O3/c1-4-7-14(17-3)11-6-10-13(16)9-5-8-12(2)15/h12-16H,4-11H2,1-3H3/t12-,13-,14?/m1/s1. The van der Waals surface area contributed by atoms with Gasteiger partial charge in [0.05, 0.1) is 18.3 Å². The summed E-state index contributed by atoms with van der Waals surface area (Å²) >= 11 is 0. The van der Waals surface area contributed by atoms with Gasteiger partial charge in [-0.15, -0.1) is 0 Å². The second-order valence-electron chi connectivity index (χ2n) is 5.01. The summed E-state index contributed by atoms with van der Waals surface area (Å²) in [6, 6.07) is 0. The van der Waals surface area contributed by atoms with E-state index in [0.717, 1.165) is 51.4 Å². The van der Waals surface area contributed by atoms with Gasteiger partial charge in [-0.3, -0.25) is 0 Å². The van der Waals surface area contributed by atoms with E-state index in [1.165, 1.54) is 0 Å². The SMILES string of the molecule is CCCC(CCC[C@H](O)CCC[C@@H](C)O)OC. The van der Waals surface area contributed by atoms with Crippen molar-refractivity contribution < 1.29 is 14.9 Å². The number of methoxy groups -OCH3 is 1. The molecule has 0 aliphatic rings. The highest BCUT2D eigenvalue weighted by Crippen LogP contribution is 2.14. The molecule has 0 radical (unpaired) electrons. The largest absolute Gasteiger partial charge is 0.393 e. The lowest BCUT2D eigenvalue weighted by Crippen LogP contribution is -2.13. The van der Waals surface area contributed by atoms with Crippen molar-refractivity contribution in [3.63, 3.8) is 0 Å². The summed E-state index contributed by atoms with van der Waals surface area (Å²) in [6.45, 7) is 3.96. The van der Waals surface area contributed by atoms with Crippen LogP contribution in [0, 0.1) is 0 Å². The Bertz CT molecular complexity index is 160. The molecule has 0 rings (SSSR count). The highest BCUT2D eigenvalue weighted by molar-refractivity contribution is 4.62. The summed E-state index contributed by atoms with van der Waals surface area (Å²) in [5.41, 5.74) is 0. The molecule has 0 heterocycles. The first kappa shape index (κ1) is 16.9. The molecule has 0 aromatic carbocycles. The van der Waals surface area contributed by atoms with Gasteiger partial charge in [0.15, 0.2) is 0 Å². The van der Waals surface area contributed by atoms with Gasteiger partial charge in [-0.2, -0.15) is 0 Å². The Labute approximate surface area is 106 Å². The maximum Gasteiger partial charge on any atom is 0.0571 e. The maximum atomic E-state index is 9.76. The van der Waals surface area contributed by atoms with Gasteiger partial charge in [-0.1, -0.05) is 13.3 Å². The molecule has 3 nitrogen and oxygen atoms in total. The average Bonchev–Trinajstić information content (AvgIpc) is 2.27. The minimum absolute atomic E-state index is 0.215. The third-order valence-corrected chi connectivity index (χ3v) is 3.17. The third kappa shape index (κ3) is 10.7. The molecule has 0 saturated heterocycles. The zero-order valence-corrected chi connectivity index (χ0v) is 11.7. The van der Waals surface area contributed by atoms with Crippen LogP contribution in [-0.2, 0) is 4.74 Å². The van der Waals surface area contributed by atoms with Crippen molar-refractivity contribution in [2.24, 2.45) is 0 Å². The van der Waals surface area contributed by atoms with E-state index in [0.29, 0.717) is 6.10 Å². The number of rotatable bonds is 11. The molecule has 0 saturated carbocycles. The minimum atomic E-state index is -0.246. The molecule has 17 heavy (non-hydrogen) atoms. The summed E-state index contributed by atoms with van der Waals surface area (Å²) in [6.07, 6.45) is 7.55. The first-order valence-electron chi connectivity index (χ1n) is 6.99. The molecule has 0 aliphatic heterocycles. The fourth-order valence-corrected chi connectivity index (χ4v) is 2.08. The highest BCUT2D eigenvalue weighted by atomic mass is 16.5. The van der Waals surface area contributed by atoms with Crippen molar-refractivity contribution in [2.75, 3.05) is 7.11 Å². The van der Waals surface area contributed by atoms with Gasteiger partial charge in [0.1, 0.15) is 0 Å². The second kappa shape index (κ2) is 11.0. The predicted octanol–water partition coefficient (Wildman–Crippen LogP) is 2.88. The van der Waals surface area contributed by atoms with Crippen molar-refractivity contribution >= 4 is 0 Å². The summed E-state index contributed by atoms with van der Waals surface area (Å²) in [5, 5.41) is 18.9. The van der Waals surface area contributed by atoms with E-state index in [1.54, 1.807) is 14.0 Å². The quantitative estimate of drug-likeness (QED) is 0.589. The lowest BCUT2D eigenvalue weighted by Gasteiger charge is -2.16. The number of ether oxygens (including phenoxy) is 1. The summed E-state index contributed by atoms with van der Waals surface area (Å²) < 4.78 is 5.37. The van der Waals surface area contributed by atoms with E-state index >= 15 is 0 Å². The summed E-state index contributed by atoms with van der Waals surface area (Å²) in [7, 11) is 1.76. The van der Waals surface area contributed by atoms with Crippen LogP contribution in [0.15, 0.2) is 0 Å². The van der Waals surface area contributed by atoms with E-state index in [2.05, 4.69) is 6.92 Å². The Hall–Kier alpha value is -0.120. The van der Waals surface area contributed by atoms with Crippen LogP contribution >= 0.6 is 0 Å². The minimum Gasteiger partial charge on any atom is -0.393 e. The molecule has 3 atom stereocenters. The van der Waals surface area contributed by atoms with Gasteiger partial charge in [-0.25, -0.2) is 0 Å². The van der Waals surface area contributed by atoms with Gasteiger partial charge in [0, 0.05) is 7.11 Å². The maximum absolute atomic E-state index is 9.76. The number of hydrogen-bond donors (Lipinski definition) is 2.